The van der Waals surface area contributed by atoms with Crippen LogP contribution in [-0.4, -0.2) is 22.6 Å². The molecular weight excluding hydrogens is 256 g/mol. The van der Waals surface area contributed by atoms with E-state index in [1.54, 1.807) is 32.9 Å². The normalized spacial score (nSPS) is 12.8. The number of hydrogen-bond acceptors (Lipinski definition) is 3. The fourth-order valence-corrected chi connectivity index (χ4v) is 1.87. The first-order chi connectivity index (χ1) is 9.23. The largest absolute Gasteiger partial charge is 0.481 e. The van der Waals surface area contributed by atoms with Crippen LogP contribution in [0, 0.1) is 0 Å². The van der Waals surface area contributed by atoms with Crippen molar-refractivity contribution in [3.63, 3.8) is 0 Å². The highest BCUT2D eigenvalue weighted by molar-refractivity contribution is 5.84. The number of rotatable bonds is 5. The van der Waals surface area contributed by atoms with Gasteiger partial charge in [-0.3, -0.25) is 9.59 Å². The van der Waals surface area contributed by atoms with E-state index in [9.17, 15) is 9.59 Å². The van der Waals surface area contributed by atoms with Gasteiger partial charge in [0.25, 0.3) is 0 Å². The zero-order valence-electron chi connectivity index (χ0n) is 12.5. The zero-order valence-corrected chi connectivity index (χ0v) is 12.5. The molecule has 1 N–H and O–H groups in total. The topological polar surface area (TPSA) is 63.6 Å². The van der Waals surface area contributed by atoms with E-state index in [1.807, 2.05) is 19.1 Å². The maximum atomic E-state index is 12.2. The Labute approximate surface area is 119 Å². The SMILES string of the molecule is CCc1ccc(C(CC(=O)O)C(=O)OC(C)(C)C)cc1. The Kier molecular flexibility index (Phi) is 5.31. The van der Waals surface area contributed by atoms with Gasteiger partial charge in [-0.1, -0.05) is 31.2 Å². The molecule has 0 aliphatic carbocycles. The first kappa shape index (κ1) is 16.2. The molecule has 0 radical (unpaired) electrons. The number of aliphatic carboxylic acids is 1. The maximum absolute atomic E-state index is 12.2. The minimum Gasteiger partial charge on any atom is -0.481 e. The predicted octanol–water partition coefficient (Wildman–Crippen LogP) is 3.15. The fraction of sp³-hybridized carbons (Fsp3) is 0.500. The third-order valence-electron chi connectivity index (χ3n) is 2.86. The number of carbonyl (C=O) groups is 2. The molecule has 0 saturated carbocycles. The molecule has 1 rings (SSSR count). The summed E-state index contributed by atoms with van der Waals surface area (Å²) in [7, 11) is 0. The number of aryl methyl sites for hydroxylation is 1. The predicted molar refractivity (Wildman–Crippen MR) is 76.7 cm³/mol. The lowest BCUT2D eigenvalue weighted by Crippen LogP contribution is -2.29. The Hall–Kier alpha value is -1.84. The molecule has 1 aromatic rings. The Morgan fingerprint density at radius 1 is 1.20 bits per heavy atom. The van der Waals surface area contributed by atoms with Crippen molar-refractivity contribution in [3.8, 4) is 0 Å². The minimum absolute atomic E-state index is 0.264. The molecule has 0 fully saturated rings. The van der Waals surface area contributed by atoms with Crippen molar-refractivity contribution in [3.05, 3.63) is 35.4 Å². The summed E-state index contributed by atoms with van der Waals surface area (Å²) in [6.45, 7) is 7.34. The van der Waals surface area contributed by atoms with E-state index in [4.69, 9.17) is 9.84 Å². The lowest BCUT2D eigenvalue weighted by atomic mass is 9.94. The van der Waals surface area contributed by atoms with Crippen LogP contribution in [0.4, 0.5) is 0 Å². The molecule has 0 saturated heterocycles. The average molecular weight is 278 g/mol. The molecule has 0 amide bonds. The van der Waals surface area contributed by atoms with E-state index >= 15 is 0 Å². The highest BCUT2D eigenvalue weighted by Gasteiger charge is 2.28. The molecule has 0 heterocycles. The van der Waals surface area contributed by atoms with E-state index in [0.717, 1.165) is 12.0 Å². The summed E-state index contributed by atoms with van der Waals surface area (Å²) in [6, 6.07) is 7.43. The van der Waals surface area contributed by atoms with Gasteiger partial charge in [-0.05, 0) is 38.3 Å². The molecule has 1 unspecified atom stereocenters. The van der Waals surface area contributed by atoms with Gasteiger partial charge in [-0.15, -0.1) is 0 Å². The number of hydrogen-bond donors (Lipinski definition) is 1. The minimum atomic E-state index is -1.01. The monoisotopic (exact) mass is 278 g/mol. The quantitative estimate of drug-likeness (QED) is 0.840. The van der Waals surface area contributed by atoms with Crippen LogP contribution < -0.4 is 0 Å². The van der Waals surface area contributed by atoms with E-state index in [0.29, 0.717) is 5.56 Å². The number of esters is 1. The van der Waals surface area contributed by atoms with Crippen LogP contribution in [0.2, 0.25) is 0 Å². The van der Waals surface area contributed by atoms with Crippen molar-refractivity contribution in [1.29, 1.82) is 0 Å². The molecule has 4 nitrogen and oxygen atoms in total. The van der Waals surface area contributed by atoms with E-state index in [-0.39, 0.29) is 6.42 Å². The van der Waals surface area contributed by atoms with Gasteiger partial charge in [-0.2, -0.15) is 0 Å². The van der Waals surface area contributed by atoms with Crippen LogP contribution in [-0.2, 0) is 20.7 Å². The Morgan fingerprint density at radius 3 is 2.15 bits per heavy atom. The highest BCUT2D eigenvalue weighted by atomic mass is 16.6. The molecule has 0 bridgehead atoms. The van der Waals surface area contributed by atoms with Crippen LogP contribution in [0.3, 0.4) is 0 Å². The van der Waals surface area contributed by atoms with Crippen LogP contribution >= 0.6 is 0 Å². The Morgan fingerprint density at radius 2 is 1.75 bits per heavy atom. The number of carboxylic acid groups (broad SMARTS) is 1. The highest BCUT2D eigenvalue weighted by Crippen LogP contribution is 2.24. The number of carboxylic acids is 1. The van der Waals surface area contributed by atoms with Crippen LogP contribution in [0.15, 0.2) is 24.3 Å². The summed E-state index contributed by atoms with van der Waals surface area (Å²) in [5.74, 6) is -2.28. The second-order valence-electron chi connectivity index (χ2n) is 5.78. The van der Waals surface area contributed by atoms with Crippen LogP contribution in [0.1, 0.15) is 51.2 Å². The van der Waals surface area contributed by atoms with Gasteiger partial charge in [0.15, 0.2) is 0 Å². The molecule has 0 spiro atoms. The molecule has 4 heteroatoms. The average Bonchev–Trinajstić information content (AvgIpc) is 2.34. The van der Waals surface area contributed by atoms with Gasteiger partial charge in [-0.25, -0.2) is 0 Å². The van der Waals surface area contributed by atoms with Gasteiger partial charge >= 0.3 is 11.9 Å². The van der Waals surface area contributed by atoms with Crippen molar-refractivity contribution in [2.24, 2.45) is 0 Å². The zero-order chi connectivity index (χ0) is 15.3. The lowest BCUT2D eigenvalue weighted by Gasteiger charge is -2.23. The van der Waals surface area contributed by atoms with Gasteiger partial charge in [0.1, 0.15) is 5.60 Å². The van der Waals surface area contributed by atoms with Gasteiger partial charge in [0, 0.05) is 0 Å². The van der Waals surface area contributed by atoms with Crippen molar-refractivity contribution in [1.82, 2.24) is 0 Å². The molecule has 0 aromatic heterocycles. The fourth-order valence-electron chi connectivity index (χ4n) is 1.87. The standard InChI is InChI=1S/C16H22O4/c1-5-11-6-8-12(9-7-11)13(10-14(17)18)15(19)20-16(2,3)4/h6-9,13H,5,10H2,1-4H3,(H,17,18). The molecule has 1 aromatic carbocycles. The summed E-state index contributed by atoms with van der Waals surface area (Å²) in [5.41, 5.74) is 1.20. The van der Waals surface area contributed by atoms with Crippen LogP contribution in [0.25, 0.3) is 0 Å². The third-order valence-corrected chi connectivity index (χ3v) is 2.86. The third kappa shape index (κ3) is 5.03. The second kappa shape index (κ2) is 6.55. The smallest absolute Gasteiger partial charge is 0.314 e. The lowest BCUT2D eigenvalue weighted by molar-refractivity contribution is -0.159. The summed E-state index contributed by atoms with van der Waals surface area (Å²) >= 11 is 0. The van der Waals surface area contributed by atoms with Crippen LogP contribution in [0.5, 0.6) is 0 Å². The summed E-state index contributed by atoms with van der Waals surface area (Å²) < 4.78 is 5.31. The molecule has 110 valence electrons. The van der Waals surface area contributed by atoms with Crippen molar-refractivity contribution >= 4 is 11.9 Å². The Balaban J connectivity index is 2.98. The Bertz CT molecular complexity index is 468. The number of ether oxygens (including phenoxy) is 1. The van der Waals surface area contributed by atoms with Crippen molar-refractivity contribution in [2.75, 3.05) is 0 Å². The second-order valence-corrected chi connectivity index (χ2v) is 5.78. The maximum Gasteiger partial charge on any atom is 0.314 e. The summed E-state index contributed by atoms with van der Waals surface area (Å²) in [6.07, 6.45) is 0.636. The first-order valence-electron chi connectivity index (χ1n) is 6.76. The van der Waals surface area contributed by atoms with Gasteiger partial charge in [0.2, 0.25) is 0 Å². The van der Waals surface area contributed by atoms with Crippen molar-refractivity contribution < 1.29 is 19.4 Å². The number of carbonyl (C=O) groups excluding carboxylic acids is 1. The molecule has 0 aliphatic rings. The molecule has 1 atom stereocenters. The molecular formula is C16H22O4. The van der Waals surface area contributed by atoms with Gasteiger partial charge < -0.3 is 9.84 Å². The van der Waals surface area contributed by atoms with Gasteiger partial charge in [0.05, 0.1) is 12.3 Å². The summed E-state index contributed by atoms with van der Waals surface area (Å²) in [4.78, 5) is 23.1. The number of benzene rings is 1. The van der Waals surface area contributed by atoms with Crippen molar-refractivity contribution in [2.45, 2.75) is 52.1 Å². The van der Waals surface area contributed by atoms with E-state index < -0.39 is 23.5 Å². The molecule has 20 heavy (non-hydrogen) atoms. The molecule has 0 aliphatic heterocycles. The first-order valence-corrected chi connectivity index (χ1v) is 6.76. The van der Waals surface area contributed by atoms with E-state index in [1.165, 1.54) is 0 Å². The summed E-state index contributed by atoms with van der Waals surface area (Å²) in [5, 5.41) is 8.99. The van der Waals surface area contributed by atoms with E-state index in [2.05, 4.69) is 0 Å².